The SMILES string of the molecule is Cc1cc2c(cc1C(=O)N1CCc3cc(Br)cnc31)[nH]c(=O)c1cncn12. The Bertz CT molecular complexity index is 1310. The zero-order chi connectivity index (χ0) is 18.7. The number of hydrogen-bond donors (Lipinski definition) is 1. The highest BCUT2D eigenvalue weighted by atomic mass is 79.9. The number of pyridine rings is 1. The molecular weight excluding hydrogens is 410 g/mol. The van der Waals surface area contributed by atoms with E-state index in [2.05, 4.69) is 30.9 Å². The number of nitrogens with one attached hydrogen (secondary N) is 1. The third kappa shape index (κ3) is 2.40. The van der Waals surface area contributed by atoms with Crippen molar-refractivity contribution >= 4 is 44.2 Å². The maximum absolute atomic E-state index is 13.2. The number of amides is 1. The molecule has 134 valence electrons. The summed E-state index contributed by atoms with van der Waals surface area (Å²) in [6.45, 7) is 2.48. The molecule has 0 aliphatic carbocycles. The standard InChI is InChI=1S/C19H14BrN5O2/c1-10-4-15-14(23-18(26)16-8-21-9-25(15)16)6-13(10)19(27)24-3-2-11-5-12(20)7-22-17(11)24/h4-9H,2-3H2,1H3,(H,23,26). The van der Waals surface area contributed by atoms with E-state index in [1.54, 1.807) is 27.9 Å². The number of carbonyl (C=O) groups excluding carboxylic acids is 1. The Morgan fingerprint density at radius 3 is 2.93 bits per heavy atom. The van der Waals surface area contributed by atoms with E-state index in [1.165, 1.54) is 6.20 Å². The second-order valence-corrected chi connectivity index (χ2v) is 7.55. The monoisotopic (exact) mass is 423 g/mol. The van der Waals surface area contributed by atoms with Gasteiger partial charge in [0.05, 0.1) is 23.6 Å². The van der Waals surface area contributed by atoms with Gasteiger partial charge in [-0.05, 0) is 58.6 Å². The van der Waals surface area contributed by atoms with Gasteiger partial charge in [-0.15, -0.1) is 0 Å². The summed E-state index contributed by atoms with van der Waals surface area (Å²) in [6, 6.07) is 5.64. The van der Waals surface area contributed by atoms with Crippen LogP contribution in [0.5, 0.6) is 0 Å². The number of aryl methyl sites for hydroxylation is 1. The number of nitrogens with zero attached hydrogens (tertiary/aromatic N) is 4. The Morgan fingerprint density at radius 2 is 2.07 bits per heavy atom. The average molecular weight is 424 g/mol. The molecule has 0 atom stereocenters. The normalized spacial score (nSPS) is 13.5. The number of aromatic amines is 1. The first-order chi connectivity index (χ1) is 13.0. The van der Waals surface area contributed by atoms with E-state index in [-0.39, 0.29) is 11.5 Å². The lowest BCUT2D eigenvalue weighted by Crippen LogP contribution is -2.30. The van der Waals surface area contributed by atoms with Gasteiger partial charge < -0.3 is 4.98 Å². The molecule has 1 N–H and O–H groups in total. The zero-order valence-corrected chi connectivity index (χ0v) is 15.9. The molecule has 1 amide bonds. The maximum atomic E-state index is 13.2. The van der Waals surface area contributed by atoms with Crippen molar-refractivity contribution in [3.8, 4) is 0 Å². The third-order valence-electron chi connectivity index (χ3n) is 4.97. The average Bonchev–Trinajstić information content (AvgIpc) is 3.28. The van der Waals surface area contributed by atoms with Crippen LogP contribution in [0.25, 0.3) is 16.6 Å². The number of rotatable bonds is 1. The van der Waals surface area contributed by atoms with Crippen LogP contribution < -0.4 is 10.5 Å². The minimum Gasteiger partial charge on any atom is -0.319 e. The van der Waals surface area contributed by atoms with Crippen molar-refractivity contribution in [2.24, 2.45) is 0 Å². The number of imidazole rings is 1. The van der Waals surface area contributed by atoms with E-state index < -0.39 is 0 Å². The molecule has 0 bridgehead atoms. The molecule has 3 aromatic heterocycles. The number of hydrogen-bond acceptors (Lipinski definition) is 4. The summed E-state index contributed by atoms with van der Waals surface area (Å²) in [5.74, 6) is 0.579. The summed E-state index contributed by atoms with van der Waals surface area (Å²) in [7, 11) is 0. The predicted molar refractivity (Wildman–Crippen MR) is 105 cm³/mol. The Balaban J connectivity index is 1.65. The summed E-state index contributed by atoms with van der Waals surface area (Å²) in [4.78, 5) is 38.5. The molecule has 1 aromatic carbocycles. The van der Waals surface area contributed by atoms with Gasteiger partial charge in [0.2, 0.25) is 0 Å². The van der Waals surface area contributed by atoms with Crippen LogP contribution in [-0.2, 0) is 6.42 Å². The van der Waals surface area contributed by atoms with Crippen LogP contribution in [0.3, 0.4) is 0 Å². The highest BCUT2D eigenvalue weighted by Gasteiger charge is 2.28. The van der Waals surface area contributed by atoms with Gasteiger partial charge in [-0.25, -0.2) is 9.97 Å². The van der Waals surface area contributed by atoms with Gasteiger partial charge in [0.25, 0.3) is 11.5 Å². The summed E-state index contributed by atoms with van der Waals surface area (Å²) in [5, 5.41) is 0. The highest BCUT2D eigenvalue weighted by molar-refractivity contribution is 9.10. The molecule has 1 aliphatic heterocycles. The largest absolute Gasteiger partial charge is 0.319 e. The molecule has 0 spiro atoms. The lowest BCUT2D eigenvalue weighted by atomic mass is 10.1. The summed E-state index contributed by atoms with van der Waals surface area (Å²) in [5.41, 5.74) is 4.08. The van der Waals surface area contributed by atoms with Crippen molar-refractivity contribution in [2.75, 3.05) is 11.4 Å². The third-order valence-corrected chi connectivity index (χ3v) is 5.40. The molecule has 4 aromatic rings. The second kappa shape index (κ2) is 5.75. The molecule has 0 radical (unpaired) electrons. The number of halogens is 1. The summed E-state index contributed by atoms with van der Waals surface area (Å²) in [6.07, 6.45) is 5.60. The molecule has 0 unspecified atom stereocenters. The van der Waals surface area contributed by atoms with Gasteiger partial charge in [-0.2, -0.15) is 0 Å². The molecule has 4 heterocycles. The fraction of sp³-hybridized carbons (Fsp3) is 0.158. The lowest BCUT2D eigenvalue weighted by molar-refractivity contribution is 0.0988. The minimum atomic E-state index is -0.236. The van der Waals surface area contributed by atoms with Crippen molar-refractivity contribution < 1.29 is 4.79 Å². The van der Waals surface area contributed by atoms with Crippen molar-refractivity contribution in [3.63, 3.8) is 0 Å². The van der Waals surface area contributed by atoms with E-state index in [1.807, 2.05) is 19.1 Å². The minimum absolute atomic E-state index is 0.116. The molecule has 5 rings (SSSR count). The van der Waals surface area contributed by atoms with E-state index >= 15 is 0 Å². The second-order valence-electron chi connectivity index (χ2n) is 6.63. The number of anilines is 1. The summed E-state index contributed by atoms with van der Waals surface area (Å²) < 4.78 is 2.64. The predicted octanol–water partition coefficient (Wildman–Crippen LogP) is 2.84. The molecule has 7 nitrogen and oxygen atoms in total. The zero-order valence-electron chi connectivity index (χ0n) is 14.4. The van der Waals surface area contributed by atoms with Gasteiger partial charge in [0.1, 0.15) is 11.3 Å². The van der Waals surface area contributed by atoms with E-state index in [0.29, 0.717) is 29.0 Å². The van der Waals surface area contributed by atoms with Crippen molar-refractivity contribution in [1.29, 1.82) is 0 Å². The molecule has 1 aliphatic rings. The van der Waals surface area contributed by atoms with E-state index in [4.69, 9.17) is 0 Å². The number of benzene rings is 1. The van der Waals surface area contributed by atoms with E-state index in [0.717, 1.165) is 27.5 Å². The van der Waals surface area contributed by atoms with Crippen molar-refractivity contribution in [1.82, 2.24) is 19.4 Å². The van der Waals surface area contributed by atoms with Gasteiger partial charge in [-0.1, -0.05) is 0 Å². The van der Waals surface area contributed by atoms with Gasteiger partial charge in [0, 0.05) is 22.8 Å². The van der Waals surface area contributed by atoms with Crippen molar-refractivity contribution in [3.05, 3.63) is 68.4 Å². The Hall–Kier alpha value is -3.00. The number of aromatic nitrogens is 4. The van der Waals surface area contributed by atoms with Gasteiger partial charge in [-0.3, -0.25) is 18.9 Å². The van der Waals surface area contributed by atoms with Crippen LogP contribution in [0, 0.1) is 6.92 Å². The lowest BCUT2D eigenvalue weighted by Gasteiger charge is -2.18. The van der Waals surface area contributed by atoms with Crippen molar-refractivity contribution in [2.45, 2.75) is 13.3 Å². The Kier molecular flexibility index (Phi) is 3.45. The molecule has 0 saturated carbocycles. The fourth-order valence-electron chi connectivity index (χ4n) is 3.65. The maximum Gasteiger partial charge on any atom is 0.274 e. The topological polar surface area (TPSA) is 83.4 Å². The van der Waals surface area contributed by atoms with E-state index in [9.17, 15) is 9.59 Å². The Morgan fingerprint density at radius 1 is 1.22 bits per heavy atom. The van der Waals surface area contributed by atoms with Crippen LogP contribution in [0.2, 0.25) is 0 Å². The first kappa shape index (κ1) is 16.2. The van der Waals surface area contributed by atoms with Crippen LogP contribution in [-0.4, -0.2) is 31.8 Å². The molecule has 0 saturated heterocycles. The quantitative estimate of drug-likeness (QED) is 0.510. The first-order valence-corrected chi connectivity index (χ1v) is 9.27. The molecular formula is C19H14BrN5O2. The summed E-state index contributed by atoms with van der Waals surface area (Å²) >= 11 is 3.42. The molecule has 0 fully saturated rings. The Labute approximate surface area is 161 Å². The van der Waals surface area contributed by atoms with Crippen LogP contribution in [0.15, 0.2) is 46.2 Å². The number of fused-ring (bicyclic) bond motifs is 4. The molecule has 8 heteroatoms. The number of H-pyrrole nitrogens is 1. The smallest absolute Gasteiger partial charge is 0.274 e. The van der Waals surface area contributed by atoms with Crippen LogP contribution in [0.4, 0.5) is 5.82 Å². The fourth-order valence-corrected chi connectivity index (χ4v) is 4.02. The van der Waals surface area contributed by atoms with Gasteiger partial charge in [0.15, 0.2) is 0 Å². The van der Waals surface area contributed by atoms with Crippen LogP contribution >= 0.6 is 15.9 Å². The van der Waals surface area contributed by atoms with Crippen LogP contribution in [0.1, 0.15) is 21.5 Å². The highest BCUT2D eigenvalue weighted by Crippen LogP contribution is 2.30. The first-order valence-electron chi connectivity index (χ1n) is 8.48. The number of carbonyl (C=O) groups is 1. The van der Waals surface area contributed by atoms with Gasteiger partial charge >= 0.3 is 0 Å². The molecule has 27 heavy (non-hydrogen) atoms.